The van der Waals surface area contributed by atoms with E-state index in [9.17, 15) is 9.59 Å². The van der Waals surface area contributed by atoms with Crippen molar-refractivity contribution in [2.45, 2.75) is 6.54 Å². The molecule has 0 fully saturated rings. The lowest BCUT2D eigenvalue weighted by molar-refractivity contribution is -0.118. The molecular formula is C19H16N2O4. The van der Waals surface area contributed by atoms with Crippen molar-refractivity contribution in [3.05, 3.63) is 64.6 Å². The molecule has 126 valence electrons. The van der Waals surface area contributed by atoms with Gasteiger partial charge in [-0.3, -0.25) is 9.36 Å². The van der Waals surface area contributed by atoms with E-state index in [0.29, 0.717) is 16.7 Å². The predicted octanol–water partition coefficient (Wildman–Crippen LogP) is 1.60. The normalized spacial score (nSPS) is 10.3. The van der Waals surface area contributed by atoms with Crippen molar-refractivity contribution in [3.8, 4) is 11.8 Å². The molecule has 0 aliphatic carbocycles. The van der Waals surface area contributed by atoms with Gasteiger partial charge in [0.1, 0.15) is 13.2 Å². The summed E-state index contributed by atoms with van der Waals surface area (Å²) in [5, 5.41) is 8.79. The Bertz CT molecular complexity index is 1020. The van der Waals surface area contributed by atoms with Gasteiger partial charge in [0, 0.05) is 18.3 Å². The first-order chi connectivity index (χ1) is 12.1. The molecule has 6 nitrogen and oxygen atoms in total. The highest BCUT2D eigenvalue weighted by molar-refractivity contribution is 5.93. The highest BCUT2D eigenvalue weighted by atomic mass is 16.4. The molecule has 1 heterocycles. The van der Waals surface area contributed by atoms with E-state index in [1.165, 1.54) is 9.47 Å². The second-order valence-electron chi connectivity index (χ2n) is 5.38. The highest BCUT2D eigenvalue weighted by Gasteiger charge is 2.16. The standard InChI is InChI=1S/C19H16N2O4/c1-20(15-7-3-2-4-8-15)18(23)13-21-16-12-14(6-5-11-22)9-10-17(16)25-19(21)24/h2-4,7-10,12,22H,11,13H2,1H3. The van der Waals surface area contributed by atoms with Crippen LogP contribution < -0.4 is 10.7 Å². The van der Waals surface area contributed by atoms with Crippen LogP contribution in [0.4, 0.5) is 5.69 Å². The Kier molecular flexibility index (Phi) is 4.68. The zero-order valence-electron chi connectivity index (χ0n) is 13.6. The van der Waals surface area contributed by atoms with Crippen molar-refractivity contribution in [2.24, 2.45) is 0 Å². The van der Waals surface area contributed by atoms with Crippen LogP contribution in [0.3, 0.4) is 0 Å². The minimum absolute atomic E-state index is 0.145. The summed E-state index contributed by atoms with van der Waals surface area (Å²) >= 11 is 0. The van der Waals surface area contributed by atoms with E-state index < -0.39 is 5.76 Å². The minimum Gasteiger partial charge on any atom is -0.408 e. The summed E-state index contributed by atoms with van der Waals surface area (Å²) in [6.45, 7) is -0.398. The highest BCUT2D eigenvalue weighted by Crippen LogP contribution is 2.16. The van der Waals surface area contributed by atoms with E-state index >= 15 is 0 Å². The van der Waals surface area contributed by atoms with E-state index in [0.717, 1.165) is 5.69 Å². The molecule has 0 spiro atoms. The zero-order chi connectivity index (χ0) is 17.8. The van der Waals surface area contributed by atoms with E-state index in [1.54, 1.807) is 25.2 Å². The van der Waals surface area contributed by atoms with Gasteiger partial charge in [0.2, 0.25) is 5.91 Å². The molecular weight excluding hydrogens is 320 g/mol. The first-order valence-corrected chi connectivity index (χ1v) is 7.65. The molecule has 6 heteroatoms. The molecule has 1 aromatic heterocycles. The summed E-state index contributed by atoms with van der Waals surface area (Å²) in [7, 11) is 1.66. The van der Waals surface area contributed by atoms with Crippen LogP contribution in [0.1, 0.15) is 5.56 Å². The van der Waals surface area contributed by atoms with Crippen molar-refractivity contribution < 1.29 is 14.3 Å². The summed E-state index contributed by atoms with van der Waals surface area (Å²) in [4.78, 5) is 26.1. The molecule has 0 unspecified atom stereocenters. The van der Waals surface area contributed by atoms with Gasteiger partial charge in [0.05, 0.1) is 5.52 Å². The molecule has 3 aromatic rings. The Morgan fingerprint density at radius 1 is 1.24 bits per heavy atom. The fourth-order valence-electron chi connectivity index (χ4n) is 2.47. The number of hydrogen-bond donors (Lipinski definition) is 1. The number of aliphatic hydroxyl groups excluding tert-OH is 1. The summed E-state index contributed by atoms with van der Waals surface area (Å²) in [5.41, 5.74) is 2.24. The molecule has 2 aromatic carbocycles. The lowest BCUT2D eigenvalue weighted by Gasteiger charge is -2.17. The van der Waals surface area contributed by atoms with Gasteiger partial charge in [-0.05, 0) is 30.3 Å². The Hall–Kier alpha value is -3.30. The second kappa shape index (κ2) is 7.07. The zero-order valence-corrected chi connectivity index (χ0v) is 13.6. The SMILES string of the molecule is CN(C(=O)Cn1c(=O)oc2ccc(C#CCO)cc21)c1ccccc1. The quantitative estimate of drug-likeness (QED) is 0.737. The van der Waals surface area contributed by atoms with Gasteiger partial charge >= 0.3 is 5.76 Å². The van der Waals surface area contributed by atoms with Gasteiger partial charge in [0.25, 0.3) is 0 Å². The van der Waals surface area contributed by atoms with Gasteiger partial charge < -0.3 is 14.4 Å². The molecule has 1 amide bonds. The molecule has 0 aliphatic rings. The first kappa shape index (κ1) is 16.6. The lowest BCUT2D eigenvalue weighted by Crippen LogP contribution is -2.32. The fourth-order valence-corrected chi connectivity index (χ4v) is 2.47. The van der Waals surface area contributed by atoms with Crippen LogP contribution in [0.5, 0.6) is 0 Å². The third-order valence-electron chi connectivity index (χ3n) is 3.79. The second-order valence-corrected chi connectivity index (χ2v) is 5.38. The largest absolute Gasteiger partial charge is 0.420 e. The topological polar surface area (TPSA) is 75.7 Å². The average molecular weight is 336 g/mol. The summed E-state index contributed by atoms with van der Waals surface area (Å²) < 4.78 is 6.46. The number of aliphatic hydroxyl groups is 1. The van der Waals surface area contributed by atoms with Gasteiger partial charge in [-0.25, -0.2) is 4.79 Å². The maximum atomic E-state index is 12.5. The monoisotopic (exact) mass is 336 g/mol. The van der Waals surface area contributed by atoms with E-state index in [1.807, 2.05) is 30.3 Å². The first-order valence-electron chi connectivity index (χ1n) is 7.65. The molecule has 25 heavy (non-hydrogen) atoms. The molecule has 3 rings (SSSR count). The number of hydrogen-bond acceptors (Lipinski definition) is 4. The summed E-state index contributed by atoms with van der Waals surface area (Å²) in [6, 6.07) is 14.2. The van der Waals surface area contributed by atoms with Crippen LogP contribution >= 0.6 is 0 Å². The number of anilines is 1. The van der Waals surface area contributed by atoms with Gasteiger partial charge in [-0.1, -0.05) is 30.0 Å². The Morgan fingerprint density at radius 3 is 2.72 bits per heavy atom. The number of para-hydroxylation sites is 1. The number of carbonyl (C=O) groups is 1. The fraction of sp³-hybridized carbons (Fsp3) is 0.158. The summed E-state index contributed by atoms with van der Waals surface area (Å²) in [6.07, 6.45) is 0. The number of fused-ring (bicyclic) bond motifs is 1. The number of oxazole rings is 1. The number of likely N-dealkylation sites (N-methyl/N-ethyl adjacent to an activating group) is 1. The van der Waals surface area contributed by atoms with Crippen molar-refractivity contribution in [1.29, 1.82) is 0 Å². The molecule has 0 bridgehead atoms. The third-order valence-corrected chi connectivity index (χ3v) is 3.79. The van der Waals surface area contributed by atoms with Crippen molar-refractivity contribution in [2.75, 3.05) is 18.6 Å². The van der Waals surface area contributed by atoms with Crippen LogP contribution in [0, 0.1) is 11.8 Å². The van der Waals surface area contributed by atoms with E-state index in [4.69, 9.17) is 9.52 Å². The van der Waals surface area contributed by atoms with Gasteiger partial charge in [-0.2, -0.15) is 0 Å². The number of carbonyl (C=O) groups excluding carboxylic acids is 1. The third kappa shape index (κ3) is 3.47. The van der Waals surface area contributed by atoms with Crippen molar-refractivity contribution in [3.63, 3.8) is 0 Å². The number of nitrogens with zero attached hydrogens (tertiary/aromatic N) is 2. The molecule has 0 radical (unpaired) electrons. The molecule has 1 N–H and O–H groups in total. The summed E-state index contributed by atoms with van der Waals surface area (Å²) in [5.74, 6) is 4.47. The average Bonchev–Trinajstić information content (AvgIpc) is 2.95. The molecule has 0 aliphatic heterocycles. The van der Waals surface area contributed by atoms with Crippen LogP contribution in [0.25, 0.3) is 11.1 Å². The minimum atomic E-state index is -0.600. The smallest absolute Gasteiger partial charge is 0.408 e. The Labute approximate surface area is 143 Å². The van der Waals surface area contributed by atoms with Gasteiger partial charge in [-0.15, -0.1) is 0 Å². The Balaban J connectivity index is 1.93. The number of amides is 1. The van der Waals surface area contributed by atoms with E-state index in [2.05, 4.69) is 11.8 Å². The molecule has 0 saturated heterocycles. The van der Waals surface area contributed by atoms with Crippen molar-refractivity contribution in [1.82, 2.24) is 4.57 Å². The van der Waals surface area contributed by atoms with E-state index in [-0.39, 0.29) is 19.1 Å². The van der Waals surface area contributed by atoms with Gasteiger partial charge in [0.15, 0.2) is 5.58 Å². The van der Waals surface area contributed by atoms with Crippen LogP contribution in [-0.2, 0) is 11.3 Å². The predicted molar refractivity (Wildman–Crippen MR) is 94.3 cm³/mol. The maximum Gasteiger partial charge on any atom is 0.420 e. The molecule has 0 saturated carbocycles. The number of aromatic nitrogens is 1. The van der Waals surface area contributed by atoms with Crippen LogP contribution in [-0.4, -0.2) is 29.2 Å². The number of benzene rings is 2. The van der Waals surface area contributed by atoms with Crippen LogP contribution in [0.2, 0.25) is 0 Å². The van der Waals surface area contributed by atoms with Crippen molar-refractivity contribution >= 4 is 22.7 Å². The van der Waals surface area contributed by atoms with Crippen LogP contribution in [0.15, 0.2) is 57.7 Å². The Morgan fingerprint density at radius 2 is 2.00 bits per heavy atom. The lowest BCUT2D eigenvalue weighted by atomic mass is 10.2. The number of rotatable bonds is 3. The molecule has 0 atom stereocenters. The maximum absolute atomic E-state index is 12.5.